The molecule has 1 nitrogen and oxygen atoms in total. The van der Waals surface area contributed by atoms with E-state index in [1.807, 2.05) is 0 Å². The van der Waals surface area contributed by atoms with Gasteiger partial charge in [-0.1, -0.05) is 56.5 Å². The van der Waals surface area contributed by atoms with Crippen LogP contribution in [0.2, 0.25) is 18.1 Å². The lowest BCUT2D eigenvalue weighted by atomic mass is 9.91. The lowest BCUT2D eigenvalue weighted by Gasteiger charge is -2.28. The molecule has 0 radical (unpaired) electrons. The molecule has 0 bridgehead atoms. The van der Waals surface area contributed by atoms with Gasteiger partial charge in [-0.25, -0.2) is 8.78 Å². The van der Waals surface area contributed by atoms with Crippen molar-refractivity contribution in [2.75, 3.05) is 0 Å². The van der Waals surface area contributed by atoms with Crippen molar-refractivity contribution in [2.24, 2.45) is 0 Å². The van der Waals surface area contributed by atoms with Crippen molar-refractivity contribution in [3.63, 3.8) is 0 Å². The summed E-state index contributed by atoms with van der Waals surface area (Å²) in [6.45, 7) is 2.20. The van der Waals surface area contributed by atoms with E-state index in [-0.39, 0.29) is 11.5 Å². The van der Waals surface area contributed by atoms with Crippen LogP contribution in [0.25, 0.3) is 11.1 Å². The molecule has 30 heavy (non-hydrogen) atoms. The van der Waals surface area contributed by atoms with Gasteiger partial charge in [-0.15, -0.1) is 13.2 Å². The fourth-order valence-electron chi connectivity index (χ4n) is 4.38. The quantitative estimate of drug-likeness (QED) is 0.241. The molecule has 1 aliphatic rings. The Balaban J connectivity index is 1.69. The minimum atomic E-state index is -4.79. The number of halogens is 5. The minimum Gasteiger partial charge on any atom is -0.406 e. The molecule has 0 aliphatic carbocycles. The monoisotopic (exact) mass is 442 g/mol. The summed E-state index contributed by atoms with van der Waals surface area (Å²) in [4.78, 5) is 0. The van der Waals surface area contributed by atoms with Gasteiger partial charge < -0.3 is 4.74 Å². The van der Waals surface area contributed by atoms with Crippen LogP contribution < -0.4 is 4.74 Å². The maximum absolute atomic E-state index is 14.8. The van der Waals surface area contributed by atoms with Gasteiger partial charge in [0.05, 0.1) is 0 Å². The summed E-state index contributed by atoms with van der Waals surface area (Å²) in [7, 11) is -0.735. The normalized spacial score (nSPS) is 19.7. The van der Waals surface area contributed by atoms with Crippen LogP contribution >= 0.6 is 0 Å². The van der Waals surface area contributed by atoms with Crippen molar-refractivity contribution in [3.05, 3.63) is 53.6 Å². The summed E-state index contributed by atoms with van der Waals surface area (Å²) < 4.78 is 70.2. The van der Waals surface area contributed by atoms with Crippen molar-refractivity contribution in [1.82, 2.24) is 0 Å². The van der Waals surface area contributed by atoms with Crippen LogP contribution in [-0.2, 0) is 0 Å². The first kappa shape index (κ1) is 22.8. The highest BCUT2D eigenvalue weighted by atomic mass is 28.3. The number of ether oxygens (including phenoxy) is 1. The summed E-state index contributed by atoms with van der Waals surface area (Å²) in [5.41, 5.74) is 0.770. The first-order chi connectivity index (χ1) is 14.3. The fourth-order valence-corrected chi connectivity index (χ4v) is 7.86. The first-order valence-electron chi connectivity index (χ1n) is 10.6. The Hall–Kier alpha value is -1.89. The van der Waals surface area contributed by atoms with Gasteiger partial charge in [0.25, 0.3) is 0 Å². The number of hydrogen-bond donors (Lipinski definition) is 0. The molecule has 0 unspecified atom stereocenters. The molecule has 3 rings (SSSR count). The maximum atomic E-state index is 14.8. The van der Waals surface area contributed by atoms with Gasteiger partial charge in [0.2, 0.25) is 0 Å². The highest BCUT2D eigenvalue weighted by molar-refractivity contribution is 6.59. The van der Waals surface area contributed by atoms with Gasteiger partial charge in [-0.3, -0.25) is 0 Å². The van der Waals surface area contributed by atoms with Crippen molar-refractivity contribution in [1.29, 1.82) is 0 Å². The van der Waals surface area contributed by atoms with E-state index >= 15 is 0 Å². The molecular formula is C23H27F5OSi. The molecule has 0 spiro atoms. The summed E-state index contributed by atoms with van der Waals surface area (Å²) in [6.07, 6.45) is 0.835. The Bertz CT molecular complexity index is 827. The third-order valence-corrected chi connectivity index (χ3v) is 9.51. The van der Waals surface area contributed by atoms with Crippen molar-refractivity contribution in [2.45, 2.75) is 69.4 Å². The van der Waals surface area contributed by atoms with E-state index < -0.39 is 32.5 Å². The van der Waals surface area contributed by atoms with Crippen LogP contribution in [0.5, 0.6) is 5.75 Å². The van der Waals surface area contributed by atoms with Gasteiger partial charge in [0, 0.05) is 14.4 Å². The standard InChI is InChI=1S/C23H27F5OSi/c1-2-3-4-11-30-12-9-17(10-13-30)20-15-21(24)19(14-22(20)25)16-5-7-18(8-6-16)29-23(26,27)28/h5-8,14-15,17,30H,2-4,9-13H2,1H3/t17-,30-. The molecule has 1 heterocycles. The summed E-state index contributed by atoms with van der Waals surface area (Å²) in [6, 6.07) is 10.9. The zero-order valence-electron chi connectivity index (χ0n) is 17.1. The minimum absolute atomic E-state index is 0.0393. The molecule has 2 aromatic rings. The molecule has 0 aromatic heterocycles. The second kappa shape index (κ2) is 9.94. The van der Waals surface area contributed by atoms with Gasteiger partial charge >= 0.3 is 6.36 Å². The number of hydrogen-bond acceptors (Lipinski definition) is 1. The third kappa shape index (κ3) is 6.06. The highest BCUT2D eigenvalue weighted by Crippen LogP contribution is 2.38. The molecule has 164 valence electrons. The van der Waals surface area contributed by atoms with Gasteiger partial charge in [-0.2, -0.15) is 0 Å². The highest BCUT2D eigenvalue weighted by Gasteiger charge is 2.31. The van der Waals surface area contributed by atoms with E-state index in [2.05, 4.69) is 11.7 Å². The van der Waals surface area contributed by atoms with E-state index in [9.17, 15) is 22.0 Å². The number of unbranched alkanes of at least 4 members (excludes halogenated alkanes) is 2. The molecule has 1 saturated heterocycles. The number of rotatable bonds is 7. The number of benzene rings is 2. The average molecular weight is 443 g/mol. The average Bonchev–Trinajstić information content (AvgIpc) is 2.70. The summed E-state index contributed by atoms with van der Waals surface area (Å²) in [5.74, 6) is -1.36. The fraction of sp³-hybridized carbons (Fsp3) is 0.478. The molecule has 1 aliphatic heterocycles. The zero-order valence-corrected chi connectivity index (χ0v) is 18.2. The van der Waals surface area contributed by atoms with E-state index in [1.54, 1.807) is 0 Å². The topological polar surface area (TPSA) is 9.23 Å². The molecular weight excluding hydrogens is 415 g/mol. The zero-order chi connectivity index (χ0) is 21.7. The Labute approximate surface area is 175 Å². The largest absolute Gasteiger partial charge is 0.573 e. The summed E-state index contributed by atoms with van der Waals surface area (Å²) in [5, 5.41) is 0. The van der Waals surface area contributed by atoms with E-state index in [0.717, 1.165) is 31.0 Å². The second-order valence-corrected chi connectivity index (χ2v) is 11.6. The Kier molecular flexibility index (Phi) is 7.55. The predicted octanol–water partition coefficient (Wildman–Crippen LogP) is 7.83. The van der Waals surface area contributed by atoms with Gasteiger partial charge in [-0.05, 0) is 54.2 Å². The lowest BCUT2D eigenvalue weighted by molar-refractivity contribution is -0.274. The summed E-state index contributed by atoms with van der Waals surface area (Å²) >= 11 is 0. The van der Waals surface area contributed by atoms with Gasteiger partial charge in [0.1, 0.15) is 17.4 Å². The second-order valence-electron chi connectivity index (χ2n) is 8.14. The molecule has 0 saturated carbocycles. The van der Waals surface area contributed by atoms with Crippen LogP contribution in [0.4, 0.5) is 22.0 Å². The third-order valence-electron chi connectivity index (χ3n) is 5.99. The van der Waals surface area contributed by atoms with E-state index in [1.165, 1.54) is 55.6 Å². The molecule has 2 aromatic carbocycles. The SMILES string of the molecule is CCCCC[Si@H]1CC[C@H](c2cc(F)c(-c3ccc(OC(F)(F)F)cc3)cc2F)CC1. The lowest BCUT2D eigenvalue weighted by Crippen LogP contribution is -2.21. The maximum Gasteiger partial charge on any atom is 0.573 e. The Morgan fingerprint density at radius 1 is 0.967 bits per heavy atom. The Morgan fingerprint density at radius 3 is 2.23 bits per heavy atom. The Morgan fingerprint density at radius 2 is 1.63 bits per heavy atom. The molecule has 7 heteroatoms. The molecule has 1 fully saturated rings. The van der Waals surface area contributed by atoms with Crippen LogP contribution in [-0.4, -0.2) is 15.2 Å². The first-order valence-corrected chi connectivity index (χ1v) is 13.1. The smallest absolute Gasteiger partial charge is 0.406 e. The van der Waals surface area contributed by atoms with Crippen LogP contribution in [0.1, 0.15) is 50.5 Å². The van der Waals surface area contributed by atoms with E-state index in [0.29, 0.717) is 11.1 Å². The van der Waals surface area contributed by atoms with Crippen molar-refractivity contribution < 1.29 is 26.7 Å². The molecule has 0 amide bonds. The van der Waals surface area contributed by atoms with Crippen LogP contribution in [0.15, 0.2) is 36.4 Å². The molecule has 0 N–H and O–H groups in total. The van der Waals surface area contributed by atoms with E-state index in [4.69, 9.17) is 0 Å². The number of alkyl halides is 3. The van der Waals surface area contributed by atoms with Crippen molar-refractivity contribution in [3.8, 4) is 16.9 Å². The van der Waals surface area contributed by atoms with Gasteiger partial charge in [0.15, 0.2) is 0 Å². The van der Waals surface area contributed by atoms with Crippen LogP contribution in [0.3, 0.4) is 0 Å². The predicted molar refractivity (Wildman–Crippen MR) is 112 cm³/mol. The molecule has 0 atom stereocenters. The van der Waals surface area contributed by atoms with Crippen molar-refractivity contribution >= 4 is 8.80 Å². The van der Waals surface area contributed by atoms with Crippen LogP contribution in [0, 0.1) is 11.6 Å².